The normalized spacial score (nSPS) is 18.6. The molecule has 1 fully saturated rings. The predicted molar refractivity (Wildman–Crippen MR) is 170 cm³/mol. The lowest BCUT2D eigenvalue weighted by Gasteiger charge is -2.26. The molecule has 13 heteroatoms. The molecule has 0 aromatic heterocycles. The minimum absolute atomic E-state index is 0.00424. The highest BCUT2D eigenvalue weighted by Gasteiger charge is 2.46. The highest BCUT2D eigenvalue weighted by Crippen LogP contribution is 2.34. The first-order valence-corrected chi connectivity index (χ1v) is 16.8. The summed E-state index contributed by atoms with van der Waals surface area (Å²) in [6.07, 6.45) is 1.86. The molecule has 3 rings (SSSR count). The number of hydrogen-bond acceptors (Lipinski definition) is 11. The van der Waals surface area contributed by atoms with Crippen molar-refractivity contribution in [3.63, 3.8) is 0 Å². The second kappa shape index (κ2) is 20.9. The number of hydrogen-bond donors (Lipinski definition) is 1. The van der Waals surface area contributed by atoms with Crippen LogP contribution >= 0.6 is 22.6 Å². The van der Waals surface area contributed by atoms with Gasteiger partial charge >= 0.3 is 0 Å². The van der Waals surface area contributed by atoms with Gasteiger partial charge in [0.1, 0.15) is 5.78 Å². The summed E-state index contributed by atoms with van der Waals surface area (Å²) in [4.78, 5) is 53.4. The number of ether oxygens (including phenoxy) is 6. The molecule has 246 valence electrons. The van der Waals surface area contributed by atoms with E-state index in [0.29, 0.717) is 95.9 Å². The molecule has 1 aromatic rings. The Bertz CT molecular complexity index is 1070. The molecule has 0 saturated heterocycles. The van der Waals surface area contributed by atoms with E-state index >= 15 is 0 Å². The number of carbonyl (C=O) groups is 4. The van der Waals surface area contributed by atoms with Gasteiger partial charge in [0, 0.05) is 31.0 Å². The quantitative estimate of drug-likeness (QED) is 0.0584. The van der Waals surface area contributed by atoms with Crippen molar-refractivity contribution in [2.45, 2.75) is 45.1 Å². The van der Waals surface area contributed by atoms with E-state index in [2.05, 4.69) is 27.9 Å². The van der Waals surface area contributed by atoms with Gasteiger partial charge in [0.25, 0.3) is 11.8 Å². The molecule has 2 unspecified atom stereocenters. The zero-order chi connectivity index (χ0) is 31.6. The molecule has 1 aromatic carbocycles. The van der Waals surface area contributed by atoms with Gasteiger partial charge in [-0.05, 0) is 25.0 Å². The van der Waals surface area contributed by atoms with Crippen LogP contribution in [0, 0.1) is 5.92 Å². The fourth-order valence-corrected chi connectivity index (χ4v) is 5.50. The number of carbonyl (C=O) groups excluding carboxylic acids is 4. The summed E-state index contributed by atoms with van der Waals surface area (Å²) < 4.78 is 33.2. The molecule has 1 N–H and O–H groups in total. The minimum atomic E-state index is -0.915. The van der Waals surface area contributed by atoms with Crippen molar-refractivity contribution in [3.8, 4) is 0 Å². The molecule has 1 heterocycles. The third-order valence-corrected chi connectivity index (χ3v) is 7.74. The van der Waals surface area contributed by atoms with Crippen LogP contribution < -0.4 is 5.32 Å². The highest BCUT2D eigenvalue weighted by molar-refractivity contribution is 14.1. The topological polar surface area (TPSA) is 139 Å². The zero-order valence-electron chi connectivity index (χ0n) is 25.5. The van der Waals surface area contributed by atoms with E-state index in [9.17, 15) is 19.2 Å². The van der Waals surface area contributed by atoms with E-state index in [1.165, 1.54) is 0 Å². The number of halogens is 1. The zero-order valence-corrected chi connectivity index (χ0v) is 27.7. The Balaban J connectivity index is 1.29. The van der Waals surface area contributed by atoms with Gasteiger partial charge in [0.2, 0.25) is 0 Å². The number of nitrogens with one attached hydrogen (secondary N) is 1. The van der Waals surface area contributed by atoms with Gasteiger partial charge in [-0.3, -0.25) is 24.1 Å². The third-order valence-electron chi connectivity index (χ3n) is 7.30. The van der Waals surface area contributed by atoms with Crippen molar-refractivity contribution in [1.29, 1.82) is 0 Å². The molecule has 1 aliphatic carbocycles. The molecule has 0 radical (unpaired) electrons. The van der Waals surface area contributed by atoms with Crippen LogP contribution in [0.4, 0.5) is 5.69 Å². The van der Waals surface area contributed by atoms with E-state index in [1.54, 1.807) is 18.2 Å². The van der Waals surface area contributed by atoms with Crippen molar-refractivity contribution in [3.05, 3.63) is 29.3 Å². The standard InChI is InChI=1S/C31H45IN2O10/c1-2-4-23-21-24(35)7-8-27(29(23)36)34-30(37)25-5-3-6-26(28(25)31(34)38)33-9-10-39-11-12-40-13-14-41-15-16-42-17-18-43-19-20-44-22-32/h3,5-6,23,27,33H,2,4,7-22H2,1H3. The average molecular weight is 733 g/mol. The van der Waals surface area contributed by atoms with E-state index in [1.807, 2.05) is 6.92 Å². The monoisotopic (exact) mass is 732 g/mol. The van der Waals surface area contributed by atoms with Crippen molar-refractivity contribution in [2.24, 2.45) is 5.92 Å². The van der Waals surface area contributed by atoms with Gasteiger partial charge < -0.3 is 33.7 Å². The van der Waals surface area contributed by atoms with Crippen LogP contribution in [-0.2, 0) is 38.0 Å². The number of amides is 2. The minimum Gasteiger partial charge on any atom is -0.382 e. The first kappa shape index (κ1) is 36.5. The lowest BCUT2D eigenvalue weighted by atomic mass is 9.91. The first-order chi connectivity index (χ1) is 21.5. The number of anilines is 1. The van der Waals surface area contributed by atoms with Crippen LogP contribution in [0.3, 0.4) is 0 Å². The predicted octanol–water partition coefficient (Wildman–Crippen LogP) is 3.29. The molecule has 1 saturated carbocycles. The van der Waals surface area contributed by atoms with Gasteiger partial charge in [-0.1, -0.05) is 42.0 Å². The van der Waals surface area contributed by atoms with E-state index < -0.39 is 23.8 Å². The molecule has 0 spiro atoms. The number of rotatable bonds is 23. The summed E-state index contributed by atoms with van der Waals surface area (Å²) in [5, 5.41) is 3.18. The van der Waals surface area contributed by atoms with Crippen LogP contribution in [0.2, 0.25) is 0 Å². The second-order valence-corrected chi connectivity index (χ2v) is 11.0. The summed E-state index contributed by atoms with van der Waals surface area (Å²) in [7, 11) is 0. The number of nitrogens with zero attached hydrogens (tertiary/aromatic N) is 1. The number of ketones is 2. The maximum Gasteiger partial charge on any atom is 0.264 e. The molecule has 44 heavy (non-hydrogen) atoms. The van der Waals surface area contributed by atoms with Crippen molar-refractivity contribution < 1.29 is 47.6 Å². The molecule has 12 nitrogen and oxygen atoms in total. The average Bonchev–Trinajstić information content (AvgIpc) is 3.19. The number of fused-ring (bicyclic) bond motifs is 1. The maximum atomic E-state index is 13.5. The van der Waals surface area contributed by atoms with Crippen LogP contribution in [0.5, 0.6) is 0 Å². The molecule has 1 aliphatic heterocycles. The summed E-state index contributed by atoms with van der Waals surface area (Å²) in [5.41, 5.74) is 1.04. The van der Waals surface area contributed by atoms with E-state index in [-0.39, 0.29) is 42.0 Å². The van der Waals surface area contributed by atoms with E-state index in [4.69, 9.17) is 28.4 Å². The van der Waals surface area contributed by atoms with Gasteiger partial charge in [-0.25, -0.2) is 0 Å². The first-order valence-electron chi connectivity index (χ1n) is 15.3. The van der Waals surface area contributed by atoms with Crippen molar-refractivity contribution in [2.75, 3.05) is 89.2 Å². The second-order valence-electron chi connectivity index (χ2n) is 10.4. The Kier molecular flexibility index (Phi) is 17.3. The lowest BCUT2D eigenvalue weighted by molar-refractivity contribution is -0.128. The number of Topliss-reactive ketones (excluding diaryl/α,β-unsaturated/α-hetero) is 2. The SMILES string of the molecule is CCCC1CC(=O)CCC(N2C(=O)c3cccc(NCCOCCOCCOCCOCCOCCOCI)c3C2=O)C1=O. The number of benzene rings is 1. The third kappa shape index (κ3) is 11.4. The largest absolute Gasteiger partial charge is 0.382 e. The number of imide groups is 1. The van der Waals surface area contributed by atoms with Crippen LogP contribution in [-0.4, -0.2) is 118 Å². The fraction of sp³-hybridized carbons (Fsp3) is 0.677. The molecule has 0 bridgehead atoms. The summed E-state index contributed by atoms with van der Waals surface area (Å²) >= 11 is 2.14. The van der Waals surface area contributed by atoms with Gasteiger partial charge in [-0.2, -0.15) is 0 Å². The Labute approximate surface area is 272 Å². The number of alkyl halides is 1. The van der Waals surface area contributed by atoms with Gasteiger partial charge in [0.15, 0.2) is 5.78 Å². The highest BCUT2D eigenvalue weighted by atomic mass is 127. The summed E-state index contributed by atoms with van der Waals surface area (Å²) in [6.45, 7) is 7.61. The molecular weight excluding hydrogens is 687 g/mol. The molecule has 2 atom stereocenters. The Morgan fingerprint density at radius 1 is 0.795 bits per heavy atom. The fourth-order valence-electron chi connectivity index (χ4n) is 5.18. The molecular formula is C31H45IN2O10. The van der Waals surface area contributed by atoms with Crippen molar-refractivity contribution in [1.82, 2.24) is 4.90 Å². The van der Waals surface area contributed by atoms with Crippen LogP contribution in [0.15, 0.2) is 18.2 Å². The van der Waals surface area contributed by atoms with Gasteiger partial charge in [0.05, 0.1) is 94.5 Å². The Morgan fingerprint density at radius 3 is 1.93 bits per heavy atom. The van der Waals surface area contributed by atoms with E-state index in [0.717, 1.165) is 11.3 Å². The maximum absolute atomic E-state index is 13.5. The molecule has 2 amide bonds. The van der Waals surface area contributed by atoms with Gasteiger partial charge in [-0.15, -0.1) is 0 Å². The smallest absolute Gasteiger partial charge is 0.264 e. The lowest BCUT2D eigenvalue weighted by Crippen LogP contribution is -2.46. The Morgan fingerprint density at radius 2 is 1.36 bits per heavy atom. The van der Waals surface area contributed by atoms with Crippen LogP contribution in [0.1, 0.15) is 59.7 Å². The Hall–Kier alpha value is -2.01. The molecule has 2 aliphatic rings. The summed E-state index contributed by atoms with van der Waals surface area (Å²) in [6, 6.07) is 4.12. The van der Waals surface area contributed by atoms with Crippen LogP contribution in [0.25, 0.3) is 0 Å². The van der Waals surface area contributed by atoms with Crippen molar-refractivity contribution >= 4 is 51.7 Å². The summed E-state index contributed by atoms with van der Waals surface area (Å²) in [5.74, 6) is -1.63.